The van der Waals surface area contributed by atoms with Crippen LogP contribution in [0.4, 0.5) is 0 Å². The quantitative estimate of drug-likeness (QED) is 0.939. The van der Waals surface area contributed by atoms with Crippen molar-refractivity contribution in [1.29, 1.82) is 0 Å². The van der Waals surface area contributed by atoms with Gasteiger partial charge >= 0.3 is 0 Å². The lowest BCUT2D eigenvalue weighted by molar-refractivity contribution is 0.0684. The zero-order valence-electron chi connectivity index (χ0n) is 13.1. The summed E-state index contributed by atoms with van der Waals surface area (Å²) in [6, 6.07) is 5.47. The van der Waals surface area contributed by atoms with Gasteiger partial charge in [0.2, 0.25) is 0 Å². The number of piperidine rings is 1. The minimum atomic E-state index is 0.0414. The predicted octanol–water partition coefficient (Wildman–Crippen LogP) is 2.17. The summed E-state index contributed by atoms with van der Waals surface area (Å²) in [5, 5.41) is 7.40. The van der Waals surface area contributed by atoms with Crippen molar-refractivity contribution < 1.29 is 4.79 Å². The highest BCUT2D eigenvalue weighted by Gasteiger charge is 2.29. The molecule has 1 saturated carbocycles. The molecule has 3 heterocycles. The third-order valence-corrected chi connectivity index (χ3v) is 4.76. The van der Waals surface area contributed by atoms with E-state index in [4.69, 9.17) is 0 Å². The average Bonchev–Trinajstić information content (AvgIpc) is 3.36. The molecule has 23 heavy (non-hydrogen) atoms. The average molecular weight is 311 g/mol. The van der Waals surface area contributed by atoms with Crippen LogP contribution >= 0.6 is 0 Å². The Morgan fingerprint density at radius 1 is 1.22 bits per heavy atom. The molecule has 1 N–H and O–H groups in total. The Labute approximate surface area is 135 Å². The molecule has 1 aliphatic heterocycles. The molecule has 0 aromatic carbocycles. The van der Waals surface area contributed by atoms with Gasteiger partial charge in [-0.15, -0.1) is 0 Å². The van der Waals surface area contributed by atoms with Crippen LogP contribution in [0.25, 0.3) is 0 Å². The number of pyridine rings is 1. The number of carbonyl (C=O) groups excluding carboxylic acids is 1. The number of amides is 1. The fourth-order valence-electron chi connectivity index (χ4n) is 3.19. The van der Waals surface area contributed by atoms with Gasteiger partial charge in [0.25, 0.3) is 5.91 Å². The second-order valence-electron chi connectivity index (χ2n) is 6.57. The summed E-state index contributed by atoms with van der Waals surface area (Å²) in [4.78, 5) is 23.1. The lowest BCUT2D eigenvalue weighted by atomic mass is 9.93. The fraction of sp³-hybridized carbons (Fsp3) is 0.529. The van der Waals surface area contributed by atoms with Crippen molar-refractivity contribution in [2.45, 2.75) is 38.0 Å². The third-order valence-electron chi connectivity index (χ3n) is 4.76. The van der Waals surface area contributed by atoms with E-state index in [1.165, 1.54) is 12.8 Å². The summed E-state index contributed by atoms with van der Waals surface area (Å²) in [6.07, 6.45) is 7.08. The molecular formula is C17H21N5O. The summed E-state index contributed by atoms with van der Waals surface area (Å²) >= 11 is 0. The molecule has 0 unspecified atom stereocenters. The number of likely N-dealkylation sites (tertiary alicyclic amines) is 1. The molecule has 0 spiro atoms. The molecule has 1 saturated heterocycles. The highest BCUT2D eigenvalue weighted by molar-refractivity contribution is 5.92. The van der Waals surface area contributed by atoms with Crippen LogP contribution in [0.15, 0.2) is 24.4 Å². The highest BCUT2D eigenvalue weighted by atomic mass is 16.2. The summed E-state index contributed by atoms with van der Waals surface area (Å²) in [6.45, 7) is 1.59. The van der Waals surface area contributed by atoms with E-state index in [1.54, 1.807) is 12.3 Å². The first-order valence-electron chi connectivity index (χ1n) is 8.41. The minimum absolute atomic E-state index is 0.0414. The molecule has 0 radical (unpaired) electrons. The number of hydrogen-bond donors (Lipinski definition) is 1. The fourth-order valence-corrected chi connectivity index (χ4v) is 3.19. The van der Waals surface area contributed by atoms with Crippen molar-refractivity contribution in [3.05, 3.63) is 41.7 Å². The Hall–Kier alpha value is -2.24. The van der Waals surface area contributed by atoms with Gasteiger partial charge in [-0.25, -0.2) is 4.98 Å². The monoisotopic (exact) mass is 311 g/mol. The Bertz CT molecular complexity index is 671. The first kappa shape index (κ1) is 14.4. The zero-order valence-corrected chi connectivity index (χ0v) is 13.1. The molecule has 120 valence electrons. The largest absolute Gasteiger partial charge is 0.337 e. The van der Waals surface area contributed by atoms with Crippen LogP contribution in [0, 0.1) is 5.92 Å². The Balaban J connectivity index is 1.31. The molecular weight excluding hydrogens is 290 g/mol. The SMILES string of the molecule is O=C(c1ccccn1)N1CCC(Cc2nc(C3CC3)n[nH]2)CC1. The molecule has 2 aromatic rings. The van der Waals surface area contributed by atoms with Gasteiger partial charge in [-0.3, -0.25) is 14.9 Å². The van der Waals surface area contributed by atoms with Crippen LogP contribution in [0.1, 0.15) is 53.7 Å². The maximum atomic E-state index is 12.4. The van der Waals surface area contributed by atoms with Gasteiger partial charge in [0.15, 0.2) is 5.82 Å². The number of aromatic nitrogens is 4. The number of carbonyl (C=O) groups is 1. The highest BCUT2D eigenvalue weighted by Crippen LogP contribution is 2.37. The Kier molecular flexibility index (Phi) is 3.81. The minimum Gasteiger partial charge on any atom is -0.337 e. The van der Waals surface area contributed by atoms with Crippen LogP contribution in [0.2, 0.25) is 0 Å². The Morgan fingerprint density at radius 3 is 2.74 bits per heavy atom. The maximum absolute atomic E-state index is 12.4. The number of H-pyrrole nitrogens is 1. The first-order valence-corrected chi connectivity index (χ1v) is 8.41. The second kappa shape index (κ2) is 6.10. The van der Waals surface area contributed by atoms with E-state index in [0.29, 0.717) is 17.5 Å². The summed E-state index contributed by atoms with van der Waals surface area (Å²) in [5.41, 5.74) is 0.537. The van der Waals surface area contributed by atoms with Gasteiger partial charge in [-0.05, 0) is 43.7 Å². The number of aromatic amines is 1. The molecule has 4 rings (SSSR count). The van der Waals surface area contributed by atoms with Gasteiger partial charge in [0, 0.05) is 31.6 Å². The predicted molar refractivity (Wildman–Crippen MR) is 84.9 cm³/mol. The molecule has 6 nitrogen and oxygen atoms in total. The smallest absolute Gasteiger partial charge is 0.272 e. The zero-order chi connectivity index (χ0) is 15.6. The van der Waals surface area contributed by atoms with Crippen molar-refractivity contribution >= 4 is 5.91 Å². The second-order valence-corrected chi connectivity index (χ2v) is 6.57. The number of rotatable bonds is 4. The van der Waals surface area contributed by atoms with E-state index < -0.39 is 0 Å². The van der Waals surface area contributed by atoms with Gasteiger partial charge in [-0.2, -0.15) is 5.10 Å². The summed E-state index contributed by atoms with van der Waals surface area (Å²) < 4.78 is 0. The summed E-state index contributed by atoms with van der Waals surface area (Å²) in [5.74, 6) is 3.20. The number of nitrogens with one attached hydrogen (secondary N) is 1. The van der Waals surface area contributed by atoms with E-state index in [9.17, 15) is 4.79 Å². The maximum Gasteiger partial charge on any atom is 0.272 e. The van der Waals surface area contributed by atoms with Crippen molar-refractivity contribution in [2.75, 3.05) is 13.1 Å². The summed E-state index contributed by atoms with van der Waals surface area (Å²) in [7, 11) is 0. The van der Waals surface area contributed by atoms with Gasteiger partial charge in [0.1, 0.15) is 11.5 Å². The lowest BCUT2D eigenvalue weighted by Crippen LogP contribution is -2.39. The third kappa shape index (κ3) is 3.25. The van der Waals surface area contributed by atoms with Crippen LogP contribution in [-0.2, 0) is 6.42 Å². The van der Waals surface area contributed by atoms with Crippen LogP contribution in [-0.4, -0.2) is 44.1 Å². The normalized spacial score (nSPS) is 19.0. The standard InChI is InChI=1S/C17H21N5O/c23-17(14-3-1-2-8-18-14)22-9-6-12(7-10-22)11-15-19-16(21-20-15)13-4-5-13/h1-3,8,12-13H,4-7,9-11H2,(H,19,20,21). The molecule has 6 heteroatoms. The molecule has 1 amide bonds. The number of hydrogen-bond acceptors (Lipinski definition) is 4. The van der Waals surface area contributed by atoms with Crippen molar-refractivity contribution in [3.8, 4) is 0 Å². The molecule has 0 atom stereocenters. The number of nitrogens with zero attached hydrogens (tertiary/aromatic N) is 4. The molecule has 2 fully saturated rings. The van der Waals surface area contributed by atoms with E-state index >= 15 is 0 Å². The van der Waals surface area contributed by atoms with Crippen molar-refractivity contribution in [2.24, 2.45) is 5.92 Å². The lowest BCUT2D eigenvalue weighted by Gasteiger charge is -2.31. The van der Waals surface area contributed by atoms with Crippen molar-refractivity contribution in [3.63, 3.8) is 0 Å². The molecule has 2 aliphatic rings. The van der Waals surface area contributed by atoms with E-state index in [1.807, 2.05) is 17.0 Å². The molecule has 0 bridgehead atoms. The Morgan fingerprint density at radius 2 is 2.04 bits per heavy atom. The first-order chi connectivity index (χ1) is 11.3. The van der Waals surface area contributed by atoms with Crippen LogP contribution in [0.5, 0.6) is 0 Å². The van der Waals surface area contributed by atoms with E-state index in [0.717, 1.165) is 44.0 Å². The molecule has 2 aromatic heterocycles. The molecule has 1 aliphatic carbocycles. The van der Waals surface area contributed by atoms with Gasteiger partial charge in [0.05, 0.1) is 0 Å². The van der Waals surface area contributed by atoms with Crippen LogP contribution in [0.3, 0.4) is 0 Å². The van der Waals surface area contributed by atoms with Crippen molar-refractivity contribution in [1.82, 2.24) is 25.1 Å². The topological polar surface area (TPSA) is 74.8 Å². The van der Waals surface area contributed by atoms with Gasteiger partial charge in [-0.1, -0.05) is 6.07 Å². The van der Waals surface area contributed by atoms with E-state index in [2.05, 4.69) is 20.2 Å². The van der Waals surface area contributed by atoms with Gasteiger partial charge < -0.3 is 4.90 Å². The van der Waals surface area contributed by atoms with Crippen LogP contribution < -0.4 is 0 Å². The van der Waals surface area contributed by atoms with E-state index in [-0.39, 0.29) is 5.91 Å².